The molecule has 0 radical (unpaired) electrons. The highest BCUT2D eigenvalue weighted by Crippen LogP contribution is 2.47. The summed E-state index contributed by atoms with van der Waals surface area (Å²) >= 11 is 0. The Morgan fingerprint density at radius 2 is 1.68 bits per heavy atom. The number of carbonyl (C=O) groups is 1. The van der Waals surface area contributed by atoms with E-state index in [1.807, 2.05) is 36.9 Å². The minimum Gasteiger partial charge on any atom is -0.307 e. The molecule has 1 saturated heterocycles. The van der Waals surface area contributed by atoms with Crippen molar-refractivity contribution in [1.82, 2.24) is 4.90 Å². The molecule has 2 aliphatic rings. The molecule has 1 N–H and O–H groups in total. The van der Waals surface area contributed by atoms with Crippen molar-refractivity contribution in [3.05, 3.63) is 94.3 Å². The van der Waals surface area contributed by atoms with E-state index in [1.165, 1.54) is 17.2 Å². The molecule has 34 heavy (non-hydrogen) atoms. The van der Waals surface area contributed by atoms with Crippen LogP contribution in [-0.4, -0.2) is 30.6 Å². The summed E-state index contributed by atoms with van der Waals surface area (Å²) in [7, 11) is 0. The van der Waals surface area contributed by atoms with Gasteiger partial charge in [-0.05, 0) is 87.2 Å². The molecule has 0 unspecified atom stereocenters. The van der Waals surface area contributed by atoms with E-state index in [4.69, 9.17) is 0 Å². The van der Waals surface area contributed by atoms with Crippen molar-refractivity contribution in [3.63, 3.8) is 0 Å². The number of anilines is 2. The van der Waals surface area contributed by atoms with Crippen molar-refractivity contribution in [2.75, 3.05) is 29.9 Å². The number of hydrogen-bond acceptors (Lipinski definition) is 2. The summed E-state index contributed by atoms with van der Waals surface area (Å²) < 4.78 is 14.4. The molecule has 0 atom stereocenters. The van der Waals surface area contributed by atoms with E-state index in [9.17, 15) is 9.18 Å². The van der Waals surface area contributed by atoms with Crippen molar-refractivity contribution in [3.8, 4) is 0 Å². The third kappa shape index (κ3) is 4.21. The molecule has 1 fully saturated rings. The van der Waals surface area contributed by atoms with Gasteiger partial charge in [-0.25, -0.2) is 9.18 Å². The molecular formula is C29H32FN3O. The predicted octanol–water partition coefficient (Wildman–Crippen LogP) is 6.34. The van der Waals surface area contributed by atoms with Crippen LogP contribution in [0.3, 0.4) is 0 Å². The first-order chi connectivity index (χ1) is 16.3. The molecule has 3 aromatic rings. The van der Waals surface area contributed by atoms with Crippen molar-refractivity contribution in [2.24, 2.45) is 0 Å². The lowest BCUT2D eigenvalue weighted by atomic mass is 9.74. The van der Waals surface area contributed by atoms with Crippen molar-refractivity contribution < 1.29 is 9.18 Å². The largest absolute Gasteiger partial charge is 0.326 e. The molecule has 5 heteroatoms. The van der Waals surface area contributed by atoms with Crippen LogP contribution in [0.2, 0.25) is 0 Å². The molecular weight excluding hydrogens is 425 g/mol. The summed E-state index contributed by atoms with van der Waals surface area (Å²) in [5.74, 6) is -0.239. The second-order valence-electron chi connectivity index (χ2n) is 9.99. The van der Waals surface area contributed by atoms with Crippen LogP contribution >= 0.6 is 0 Å². The van der Waals surface area contributed by atoms with Crippen LogP contribution in [0.4, 0.5) is 20.6 Å². The van der Waals surface area contributed by atoms with Gasteiger partial charge in [0.05, 0.1) is 0 Å². The van der Waals surface area contributed by atoms with E-state index in [-0.39, 0.29) is 17.3 Å². The predicted molar refractivity (Wildman–Crippen MR) is 136 cm³/mol. The van der Waals surface area contributed by atoms with Crippen LogP contribution < -0.4 is 10.2 Å². The SMILES string of the molecule is Cc1cccc(CN2CCC3(CC2)CN(C(=O)Nc2c(C)cccc2C)c2ccc(F)cc23)c1. The average molecular weight is 458 g/mol. The number of fused-ring (bicyclic) bond motifs is 2. The maximum absolute atomic E-state index is 14.4. The molecule has 2 heterocycles. The molecule has 0 aromatic heterocycles. The second-order valence-corrected chi connectivity index (χ2v) is 9.99. The molecule has 0 aliphatic carbocycles. The lowest BCUT2D eigenvalue weighted by molar-refractivity contribution is 0.160. The lowest BCUT2D eigenvalue weighted by Crippen LogP contribution is -2.46. The molecule has 2 amide bonds. The second kappa shape index (κ2) is 8.88. The zero-order chi connectivity index (χ0) is 23.9. The highest BCUT2D eigenvalue weighted by atomic mass is 19.1. The number of nitrogens with one attached hydrogen (secondary N) is 1. The molecule has 1 spiro atoms. The molecule has 0 bridgehead atoms. The Morgan fingerprint density at radius 1 is 0.971 bits per heavy atom. The number of likely N-dealkylation sites (tertiary alicyclic amines) is 1. The molecule has 2 aliphatic heterocycles. The Labute approximate surface area is 201 Å². The zero-order valence-electron chi connectivity index (χ0n) is 20.2. The smallest absolute Gasteiger partial charge is 0.307 e. The van der Waals surface area contributed by atoms with E-state index >= 15 is 0 Å². The van der Waals surface area contributed by atoms with Gasteiger partial charge in [-0.15, -0.1) is 0 Å². The first-order valence-corrected chi connectivity index (χ1v) is 12.1. The highest BCUT2D eigenvalue weighted by molar-refractivity contribution is 6.04. The summed E-state index contributed by atoms with van der Waals surface area (Å²) in [5.41, 5.74) is 7.11. The third-order valence-corrected chi connectivity index (χ3v) is 7.54. The van der Waals surface area contributed by atoms with E-state index in [0.29, 0.717) is 6.54 Å². The number of aryl methyl sites for hydroxylation is 3. The number of carbonyl (C=O) groups excluding carboxylic acids is 1. The summed E-state index contributed by atoms with van der Waals surface area (Å²) in [6.07, 6.45) is 1.81. The van der Waals surface area contributed by atoms with Crippen molar-refractivity contribution in [2.45, 2.75) is 45.6 Å². The normalized spacial score (nSPS) is 17.1. The van der Waals surface area contributed by atoms with Gasteiger partial charge in [0.1, 0.15) is 5.82 Å². The topological polar surface area (TPSA) is 35.6 Å². The van der Waals surface area contributed by atoms with Crippen LogP contribution in [0.1, 0.15) is 40.7 Å². The van der Waals surface area contributed by atoms with Crippen LogP contribution in [-0.2, 0) is 12.0 Å². The monoisotopic (exact) mass is 457 g/mol. The Bertz CT molecular complexity index is 1210. The van der Waals surface area contributed by atoms with Crippen molar-refractivity contribution >= 4 is 17.4 Å². The molecule has 3 aromatic carbocycles. The van der Waals surface area contributed by atoms with Gasteiger partial charge < -0.3 is 5.32 Å². The molecule has 0 saturated carbocycles. The van der Waals surface area contributed by atoms with Gasteiger partial charge in [0.25, 0.3) is 0 Å². The van der Waals surface area contributed by atoms with E-state index < -0.39 is 0 Å². The fraction of sp³-hybridized carbons (Fsp3) is 0.345. The van der Waals surface area contributed by atoms with Gasteiger partial charge in [0.15, 0.2) is 0 Å². The Morgan fingerprint density at radius 3 is 2.38 bits per heavy atom. The standard InChI is InChI=1S/C29H32FN3O/c1-20-6-4-9-23(16-20)18-32-14-12-29(13-15-32)19-33(26-11-10-24(30)17-25(26)29)28(34)31-27-21(2)7-5-8-22(27)3/h4-11,16-17H,12-15,18-19H2,1-3H3,(H,31,34). The van der Waals surface area contributed by atoms with E-state index in [1.54, 1.807) is 12.1 Å². The van der Waals surface area contributed by atoms with Gasteiger partial charge in [0.2, 0.25) is 0 Å². The minimum atomic E-state index is -0.239. The lowest BCUT2D eigenvalue weighted by Gasteiger charge is -2.40. The number of amides is 2. The third-order valence-electron chi connectivity index (χ3n) is 7.54. The summed E-state index contributed by atoms with van der Waals surface area (Å²) in [6.45, 7) is 9.48. The summed E-state index contributed by atoms with van der Waals surface area (Å²) in [5, 5.41) is 3.13. The Hall–Kier alpha value is -3.18. The number of urea groups is 1. The van der Waals surface area contributed by atoms with E-state index in [2.05, 4.69) is 41.4 Å². The summed E-state index contributed by atoms with van der Waals surface area (Å²) in [6, 6.07) is 19.4. The number of hydrogen-bond donors (Lipinski definition) is 1. The molecule has 4 nitrogen and oxygen atoms in total. The van der Waals surface area contributed by atoms with Gasteiger partial charge in [0, 0.05) is 29.9 Å². The Kier molecular flexibility index (Phi) is 5.90. The number of halogens is 1. The first kappa shape index (κ1) is 22.6. The van der Waals surface area contributed by atoms with E-state index in [0.717, 1.165) is 60.5 Å². The number of nitrogens with zero attached hydrogens (tertiary/aromatic N) is 2. The van der Waals surface area contributed by atoms with Gasteiger partial charge in [-0.3, -0.25) is 9.80 Å². The van der Waals surface area contributed by atoms with Gasteiger partial charge in [-0.1, -0.05) is 48.0 Å². The minimum absolute atomic E-state index is 0.149. The van der Waals surface area contributed by atoms with Crippen LogP contribution in [0.5, 0.6) is 0 Å². The van der Waals surface area contributed by atoms with Crippen LogP contribution in [0.15, 0.2) is 60.7 Å². The fourth-order valence-corrected chi connectivity index (χ4v) is 5.64. The number of para-hydroxylation sites is 1. The quantitative estimate of drug-likeness (QED) is 0.498. The van der Waals surface area contributed by atoms with Gasteiger partial charge >= 0.3 is 6.03 Å². The van der Waals surface area contributed by atoms with Gasteiger partial charge in [-0.2, -0.15) is 0 Å². The summed E-state index contributed by atoms with van der Waals surface area (Å²) in [4.78, 5) is 17.7. The molecule has 5 rings (SSSR count). The average Bonchev–Trinajstić information content (AvgIpc) is 3.11. The fourth-order valence-electron chi connectivity index (χ4n) is 5.64. The maximum atomic E-state index is 14.4. The number of benzene rings is 3. The van der Waals surface area contributed by atoms with Crippen LogP contribution in [0.25, 0.3) is 0 Å². The maximum Gasteiger partial charge on any atom is 0.326 e. The first-order valence-electron chi connectivity index (χ1n) is 12.1. The van der Waals surface area contributed by atoms with Crippen molar-refractivity contribution in [1.29, 1.82) is 0 Å². The van der Waals surface area contributed by atoms with Crippen LogP contribution in [0, 0.1) is 26.6 Å². The molecule has 176 valence electrons. The zero-order valence-corrected chi connectivity index (χ0v) is 20.2. The highest BCUT2D eigenvalue weighted by Gasteiger charge is 2.46. The number of rotatable bonds is 3. The number of piperidine rings is 1. The Balaban J connectivity index is 1.36.